The highest BCUT2D eigenvalue weighted by Crippen LogP contribution is 2.14. The molecule has 7 heteroatoms. The van der Waals surface area contributed by atoms with Gasteiger partial charge in [-0.2, -0.15) is 0 Å². The Balaban J connectivity index is 1.80. The molecular formula is C14H19F2N3O2. The molecule has 0 radical (unpaired) electrons. The molecule has 21 heavy (non-hydrogen) atoms. The van der Waals surface area contributed by atoms with Crippen molar-refractivity contribution in [3.8, 4) is 0 Å². The average molecular weight is 299 g/mol. The SMILES string of the molecule is O=C(CN1CCN(CCO)CC1)Nc1ccc(F)cc1F. The van der Waals surface area contributed by atoms with Crippen LogP contribution in [0.5, 0.6) is 0 Å². The molecule has 1 aromatic carbocycles. The summed E-state index contributed by atoms with van der Waals surface area (Å²) in [7, 11) is 0. The van der Waals surface area contributed by atoms with E-state index in [1.165, 1.54) is 6.07 Å². The molecule has 1 aliphatic rings. The van der Waals surface area contributed by atoms with Gasteiger partial charge in [0.25, 0.3) is 0 Å². The van der Waals surface area contributed by atoms with Crippen LogP contribution in [0.3, 0.4) is 0 Å². The van der Waals surface area contributed by atoms with E-state index >= 15 is 0 Å². The van der Waals surface area contributed by atoms with E-state index in [1.807, 2.05) is 4.90 Å². The number of piperazine rings is 1. The maximum atomic E-state index is 13.4. The summed E-state index contributed by atoms with van der Waals surface area (Å²) in [5.74, 6) is -1.78. The van der Waals surface area contributed by atoms with Gasteiger partial charge in [-0.05, 0) is 12.1 Å². The van der Waals surface area contributed by atoms with E-state index in [0.717, 1.165) is 38.3 Å². The van der Waals surface area contributed by atoms with Gasteiger partial charge in [-0.1, -0.05) is 0 Å². The fraction of sp³-hybridized carbons (Fsp3) is 0.500. The van der Waals surface area contributed by atoms with E-state index in [9.17, 15) is 13.6 Å². The lowest BCUT2D eigenvalue weighted by Crippen LogP contribution is -2.49. The van der Waals surface area contributed by atoms with Crippen LogP contribution in [-0.2, 0) is 4.79 Å². The second-order valence-electron chi connectivity index (χ2n) is 5.01. The third kappa shape index (κ3) is 4.73. The highest BCUT2D eigenvalue weighted by Gasteiger charge is 2.19. The van der Waals surface area contributed by atoms with E-state index in [4.69, 9.17) is 5.11 Å². The van der Waals surface area contributed by atoms with E-state index in [2.05, 4.69) is 10.2 Å². The monoisotopic (exact) mass is 299 g/mol. The lowest BCUT2D eigenvalue weighted by atomic mass is 10.2. The minimum atomic E-state index is -0.781. The number of benzene rings is 1. The van der Waals surface area contributed by atoms with Crippen molar-refractivity contribution in [1.29, 1.82) is 0 Å². The first-order chi connectivity index (χ1) is 10.1. The number of amides is 1. The predicted molar refractivity (Wildman–Crippen MR) is 75.0 cm³/mol. The summed E-state index contributed by atoms with van der Waals surface area (Å²) >= 11 is 0. The highest BCUT2D eigenvalue weighted by atomic mass is 19.1. The number of aliphatic hydroxyl groups is 1. The molecule has 1 aromatic rings. The summed E-state index contributed by atoms with van der Waals surface area (Å²) < 4.78 is 26.2. The Bertz CT molecular complexity index is 491. The molecule has 2 rings (SSSR count). The average Bonchev–Trinajstić information content (AvgIpc) is 2.44. The zero-order chi connectivity index (χ0) is 15.2. The van der Waals surface area contributed by atoms with Crippen LogP contribution in [-0.4, -0.2) is 66.7 Å². The number of rotatable bonds is 5. The maximum Gasteiger partial charge on any atom is 0.238 e. The molecule has 116 valence electrons. The van der Waals surface area contributed by atoms with Crippen LogP contribution >= 0.6 is 0 Å². The quantitative estimate of drug-likeness (QED) is 0.832. The second-order valence-corrected chi connectivity index (χ2v) is 5.01. The van der Waals surface area contributed by atoms with Crippen molar-refractivity contribution in [2.75, 3.05) is 51.2 Å². The zero-order valence-electron chi connectivity index (χ0n) is 11.7. The molecule has 1 heterocycles. The number of halogens is 2. The Morgan fingerprint density at radius 2 is 1.86 bits per heavy atom. The molecule has 1 aliphatic heterocycles. The summed E-state index contributed by atoms with van der Waals surface area (Å²) in [5, 5.41) is 11.3. The Morgan fingerprint density at radius 3 is 2.48 bits per heavy atom. The minimum Gasteiger partial charge on any atom is -0.395 e. The molecule has 0 aliphatic carbocycles. The van der Waals surface area contributed by atoms with Gasteiger partial charge in [-0.3, -0.25) is 14.6 Å². The van der Waals surface area contributed by atoms with Gasteiger partial charge in [0.15, 0.2) is 0 Å². The van der Waals surface area contributed by atoms with Crippen molar-refractivity contribution in [3.63, 3.8) is 0 Å². The van der Waals surface area contributed by atoms with Gasteiger partial charge in [0.05, 0.1) is 18.8 Å². The molecule has 0 bridgehead atoms. The third-order valence-electron chi connectivity index (χ3n) is 3.45. The van der Waals surface area contributed by atoms with Crippen molar-refractivity contribution < 1.29 is 18.7 Å². The lowest BCUT2D eigenvalue weighted by molar-refractivity contribution is -0.117. The van der Waals surface area contributed by atoms with Gasteiger partial charge in [-0.25, -0.2) is 8.78 Å². The number of β-amino-alcohol motifs (C(OH)–C–C–N with tert-alkyl or cyclic N) is 1. The first-order valence-electron chi connectivity index (χ1n) is 6.89. The summed E-state index contributed by atoms with van der Waals surface area (Å²) in [6, 6.07) is 3.05. The summed E-state index contributed by atoms with van der Waals surface area (Å²) in [6.07, 6.45) is 0. The summed E-state index contributed by atoms with van der Waals surface area (Å²) in [5.41, 5.74) is -0.0136. The van der Waals surface area contributed by atoms with Crippen LogP contribution in [0.15, 0.2) is 18.2 Å². The number of aliphatic hydroxyl groups excluding tert-OH is 1. The predicted octanol–water partition coefficient (Wildman–Crippen LogP) is 0.513. The van der Waals surface area contributed by atoms with Gasteiger partial charge >= 0.3 is 0 Å². The number of nitrogens with one attached hydrogen (secondary N) is 1. The molecule has 0 aromatic heterocycles. The van der Waals surface area contributed by atoms with Gasteiger partial charge in [0.1, 0.15) is 11.6 Å². The largest absolute Gasteiger partial charge is 0.395 e. The molecule has 0 unspecified atom stereocenters. The van der Waals surface area contributed by atoms with Crippen molar-refractivity contribution in [2.45, 2.75) is 0 Å². The first kappa shape index (κ1) is 15.8. The van der Waals surface area contributed by atoms with Crippen LogP contribution < -0.4 is 5.32 Å². The maximum absolute atomic E-state index is 13.4. The van der Waals surface area contributed by atoms with Crippen LogP contribution in [0.25, 0.3) is 0 Å². The molecule has 5 nitrogen and oxygen atoms in total. The molecule has 0 spiro atoms. The number of hydrogen-bond acceptors (Lipinski definition) is 4. The van der Waals surface area contributed by atoms with Crippen LogP contribution in [0.4, 0.5) is 14.5 Å². The van der Waals surface area contributed by atoms with Crippen LogP contribution in [0, 0.1) is 11.6 Å². The Labute approximate surface area is 122 Å². The number of anilines is 1. The van der Waals surface area contributed by atoms with Gasteiger partial charge in [0, 0.05) is 38.8 Å². The molecule has 1 amide bonds. The standard InChI is InChI=1S/C14H19F2N3O2/c15-11-1-2-13(12(16)9-11)17-14(21)10-19-5-3-18(4-6-19)7-8-20/h1-2,9,20H,3-8,10H2,(H,17,21). The Hall–Kier alpha value is -1.57. The molecule has 1 saturated heterocycles. The van der Waals surface area contributed by atoms with E-state index in [-0.39, 0.29) is 24.7 Å². The van der Waals surface area contributed by atoms with E-state index in [1.54, 1.807) is 0 Å². The lowest BCUT2D eigenvalue weighted by Gasteiger charge is -2.33. The fourth-order valence-corrected chi connectivity index (χ4v) is 2.30. The van der Waals surface area contributed by atoms with Gasteiger partial charge in [-0.15, -0.1) is 0 Å². The molecule has 0 atom stereocenters. The minimum absolute atomic E-state index is 0.0136. The van der Waals surface area contributed by atoms with Crippen LogP contribution in [0.1, 0.15) is 0 Å². The second kappa shape index (κ2) is 7.44. The highest BCUT2D eigenvalue weighted by molar-refractivity contribution is 5.92. The van der Waals surface area contributed by atoms with Gasteiger partial charge in [0.2, 0.25) is 5.91 Å². The smallest absolute Gasteiger partial charge is 0.238 e. The summed E-state index contributed by atoms with van der Waals surface area (Å²) in [6.45, 7) is 3.96. The molecule has 2 N–H and O–H groups in total. The first-order valence-corrected chi connectivity index (χ1v) is 6.89. The van der Waals surface area contributed by atoms with E-state index < -0.39 is 11.6 Å². The van der Waals surface area contributed by atoms with Crippen molar-refractivity contribution in [2.24, 2.45) is 0 Å². The van der Waals surface area contributed by atoms with E-state index in [0.29, 0.717) is 6.54 Å². The number of carbonyl (C=O) groups is 1. The number of carbonyl (C=O) groups excluding carboxylic acids is 1. The fourth-order valence-electron chi connectivity index (χ4n) is 2.30. The molecule has 0 saturated carbocycles. The zero-order valence-corrected chi connectivity index (χ0v) is 11.7. The van der Waals surface area contributed by atoms with Crippen molar-refractivity contribution in [1.82, 2.24) is 9.80 Å². The number of nitrogens with zero attached hydrogens (tertiary/aromatic N) is 2. The van der Waals surface area contributed by atoms with Gasteiger partial charge < -0.3 is 10.4 Å². The Kier molecular flexibility index (Phi) is 5.60. The van der Waals surface area contributed by atoms with Crippen molar-refractivity contribution >= 4 is 11.6 Å². The normalized spacial score (nSPS) is 16.9. The molecule has 1 fully saturated rings. The summed E-state index contributed by atoms with van der Waals surface area (Å²) in [4.78, 5) is 15.9. The van der Waals surface area contributed by atoms with Crippen molar-refractivity contribution in [3.05, 3.63) is 29.8 Å². The molecular weight excluding hydrogens is 280 g/mol. The third-order valence-corrected chi connectivity index (χ3v) is 3.45. The Morgan fingerprint density at radius 1 is 1.19 bits per heavy atom. The number of hydrogen-bond donors (Lipinski definition) is 2. The van der Waals surface area contributed by atoms with Crippen LogP contribution in [0.2, 0.25) is 0 Å². The topological polar surface area (TPSA) is 55.8 Å².